The van der Waals surface area contributed by atoms with Gasteiger partial charge in [0, 0.05) is 19.1 Å². The van der Waals surface area contributed by atoms with Crippen LogP contribution in [0.5, 0.6) is 0 Å². The second kappa shape index (κ2) is 4.78. The highest BCUT2D eigenvalue weighted by molar-refractivity contribution is 5.69. The summed E-state index contributed by atoms with van der Waals surface area (Å²) in [5, 5.41) is 8.84. The van der Waals surface area contributed by atoms with Crippen molar-refractivity contribution in [3.63, 3.8) is 0 Å². The summed E-state index contributed by atoms with van der Waals surface area (Å²) >= 11 is 0. The largest absolute Gasteiger partial charge is 0.481 e. The molecule has 0 aliphatic heterocycles. The van der Waals surface area contributed by atoms with Gasteiger partial charge in [0.05, 0.1) is 5.92 Å². The Morgan fingerprint density at radius 3 is 2.36 bits per heavy atom. The second-order valence-corrected chi connectivity index (χ2v) is 4.73. The molecule has 0 heterocycles. The lowest BCUT2D eigenvalue weighted by Crippen LogP contribution is -2.38. The van der Waals surface area contributed by atoms with Crippen LogP contribution in [-0.4, -0.2) is 35.1 Å². The number of hydrogen-bond donors (Lipinski definition) is 1. The van der Waals surface area contributed by atoms with Crippen molar-refractivity contribution in [1.29, 1.82) is 0 Å². The van der Waals surface area contributed by atoms with Crippen molar-refractivity contribution >= 4 is 5.97 Å². The molecule has 1 aliphatic rings. The minimum atomic E-state index is -0.688. The maximum atomic E-state index is 10.7. The average Bonchev–Trinajstić information content (AvgIpc) is 2.86. The smallest absolute Gasteiger partial charge is 0.307 e. The van der Waals surface area contributed by atoms with Crippen molar-refractivity contribution in [2.45, 2.75) is 39.7 Å². The molecule has 0 amide bonds. The molecule has 1 N–H and O–H groups in total. The molecule has 0 aromatic rings. The van der Waals surface area contributed by atoms with E-state index in [4.69, 9.17) is 5.11 Å². The van der Waals surface area contributed by atoms with Gasteiger partial charge < -0.3 is 5.11 Å². The number of rotatable bonds is 6. The molecule has 1 atom stereocenters. The van der Waals surface area contributed by atoms with Crippen LogP contribution in [0.3, 0.4) is 0 Å². The van der Waals surface area contributed by atoms with Gasteiger partial charge in [-0.05, 0) is 32.6 Å². The minimum absolute atomic E-state index is 0.254. The fraction of sp³-hybridized carbons (Fsp3) is 0.909. The lowest BCUT2D eigenvalue weighted by molar-refractivity contribution is -0.141. The standard InChI is InChI=1S/C11H21NO2/c1-8(2)12(7-10-4-5-10)6-9(3)11(13)14/h8-10H,4-7H2,1-3H3,(H,13,14). The van der Waals surface area contributed by atoms with E-state index in [2.05, 4.69) is 18.7 Å². The summed E-state index contributed by atoms with van der Waals surface area (Å²) in [6, 6.07) is 0.456. The lowest BCUT2D eigenvalue weighted by Gasteiger charge is -2.27. The molecule has 3 nitrogen and oxygen atoms in total. The zero-order chi connectivity index (χ0) is 10.7. The molecule has 14 heavy (non-hydrogen) atoms. The lowest BCUT2D eigenvalue weighted by atomic mass is 10.1. The van der Waals surface area contributed by atoms with Gasteiger partial charge in [0.2, 0.25) is 0 Å². The van der Waals surface area contributed by atoms with Crippen LogP contribution in [-0.2, 0) is 4.79 Å². The summed E-state index contributed by atoms with van der Waals surface area (Å²) in [6.45, 7) is 7.82. The molecule has 1 unspecified atom stereocenters. The maximum Gasteiger partial charge on any atom is 0.307 e. The molecule has 3 heteroatoms. The van der Waals surface area contributed by atoms with E-state index in [9.17, 15) is 4.79 Å². The van der Waals surface area contributed by atoms with Gasteiger partial charge in [-0.3, -0.25) is 9.69 Å². The highest BCUT2D eigenvalue weighted by atomic mass is 16.4. The van der Waals surface area contributed by atoms with E-state index < -0.39 is 5.97 Å². The van der Waals surface area contributed by atoms with Crippen LogP contribution in [0, 0.1) is 11.8 Å². The first kappa shape index (κ1) is 11.5. The molecule has 0 saturated heterocycles. The second-order valence-electron chi connectivity index (χ2n) is 4.73. The van der Waals surface area contributed by atoms with E-state index in [0.29, 0.717) is 12.6 Å². The topological polar surface area (TPSA) is 40.5 Å². The van der Waals surface area contributed by atoms with Gasteiger partial charge in [0.25, 0.3) is 0 Å². The molecule has 0 aromatic heterocycles. The number of carboxylic acids is 1. The molecule has 1 fully saturated rings. The highest BCUT2D eigenvalue weighted by Gasteiger charge is 2.27. The first-order chi connectivity index (χ1) is 6.50. The third-order valence-corrected chi connectivity index (χ3v) is 2.85. The highest BCUT2D eigenvalue weighted by Crippen LogP contribution is 2.30. The summed E-state index contributed by atoms with van der Waals surface area (Å²) in [6.07, 6.45) is 2.65. The van der Waals surface area contributed by atoms with Crippen LogP contribution in [0.1, 0.15) is 33.6 Å². The molecule has 1 aliphatic carbocycles. The maximum absolute atomic E-state index is 10.7. The summed E-state index contributed by atoms with van der Waals surface area (Å²) in [5.41, 5.74) is 0. The zero-order valence-electron chi connectivity index (χ0n) is 9.36. The van der Waals surface area contributed by atoms with Gasteiger partial charge in [-0.25, -0.2) is 0 Å². The Bertz CT molecular complexity index is 199. The fourth-order valence-corrected chi connectivity index (χ4v) is 1.56. The molecular formula is C11H21NO2. The predicted octanol–water partition coefficient (Wildman–Crippen LogP) is 1.83. The van der Waals surface area contributed by atoms with Gasteiger partial charge in [-0.15, -0.1) is 0 Å². The first-order valence-electron chi connectivity index (χ1n) is 5.47. The van der Waals surface area contributed by atoms with Gasteiger partial charge in [-0.2, -0.15) is 0 Å². The molecular weight excluding hydrogens is 178 g/mol. The number of carboxylic acid groups (broad SMARTS) is 1. The Morgan fingerprint density at radius 1 is 1.43 bits per heavy atom. The molecule has 1 rings (SSSR count). The van der Waals surface area contributed by atoms with Crippen molar-refractivity contribution in [2.24, 2.45) is 11.8 Å². The third kappa shape index (κ3) is 3.66. The van der Waals surface area contributed by atoms with Gasteiger partial charge >= 0.3 is 5.97 Å². The zero-order valence-corrected chi connectivity index (χ0v) is 9.36. The fourth-order valence-electron chi connectivity index (χ4n) is 1.56. The number of hydrogen-bond acceptors (Lipinski definition) is 2. The summed E-state index contributed by atoms with van der Waals surface area (Å²) in [4.78, 5) is 13.0. The van der Waals surface area contributed by atoms with Crippen LogP contribution in [0.25, 0.3) is 0 Å². The normalized spacial score (nSPS) is 18.9. The molecule has 1 saturated carbocycles. The van der Waals surface area contributed by atoms with E-state index in [-0.39, 0.29) is 5.92 Å². The Morgan fingerprint density at radius 2 is 2.00 bits per heavy atom. The summed E-state index contributed by atoms with van der Waals surface area (Å²) in [7, 11) is 0. The SMILES string of the molecule is CC(CN(CC1CC1)C(C)C)C(=O)O. The molecule has 0 bridgehead atoms. The monoisotopic (exact) mass is 199 g/mol. The van der Waals surface area contributed by atoms with E-state index in [1.54, 1.807) is 6.92 Å². The van der Waals surface area contributed by atoms with Crippen molar-refractivity contribution < 1.29 is 9.90 Å². The predicted molar refractivity (Wildman–Crippen MR) is 56.2 cm³/mol. The van der Waals surface area contributed by atoms with Crippen molar-refractivity contribution in [1.82, 2.24) is 4.90 Å². The average molecular weight is 199 g/mol. The van der Waals surface area contributed by atoms with Crippen LogP contribution >= 0.6 is 0 Å². The van der Waals surface area contributed by atoms with Crippen LogP contribution in [0.2, 0.25) is 0 Å². The number of nitrogens with zero attached hydrogens (tertiary/aromatic N) is 1. The van der Waals surface area contributed by atoms with Crippen LogP contribution < -0.4 is 0 Å². The summed E-state index contributed by atoms with van der Waals surface area (Å²) < 4.78 is 0. The molecule has 0 aromatic carbocycles. The van der Waals surface area contributed by atoms with Crippen LogP contribution in [0.15, 0.2) is 0 Å². The Labute approximate surface area is 86.1 Å². The third-order valence-electron chi connectivity index (χ3n) is 2.85. The van der Waals surface area contributed by atoms with Crippen molar-refractivity contribution in [3.05, 3.63) is 0 Å². The van der Waals surface area contributed by atoms with Crippen molar-refractivity contribution in [2.75, 3.05) is 13.1 Å². The van der Waals surface area contributed by atoms with E-state index in [1.807, 2.05) is 0 Å². The van der Waals surface area contributed by atoms with Gasteiger partial charge in [0.15, 0.2) is 0 Å². The van der Waals surface area contributed by atoms with Crippen LogP contribution in [0.4, 0.5) is 0 Å². The van der Waals surface area contributed by atoms with E-state index in [0.717, 1.165) is 12.5 Å². The molecule has 82 valence electrons. The molecule has 0 radical (unpaired) electrons. The number of aliphatic carboxylic acids is 1. The van der Waals surface area contributed by atoms with Gasteiger partial charge in [0.1, 0.15) is 0 Å². The first-order valence-corrected chi connectivity index (χ1v) is 5.47. The van der Waals surface area contributed by atoms with E-state index >= 15 is 0 Å². The molecule has 0 spiro atoms. The Hall–Kier alpha value is -0.570. The number of carbonyl (C=O) groups is 1. The minimum Gasteiger partial charge on any atom is -0.481 e. The van der Waals surface area contributed by atoms with E-state index in [1.165, 1.54) is 12.8 Å². The van der Waals surface area contributed by atoms with Gasteiger partial charge in [-0.1, -0.05) is 6.92 Å². The quantitative estimate of drug-likeness (QED) is 0.709. The van der Waals surface area contributed by atoms with Crippen molar-refractivity contribution in [3.8, 4) is 0 Å². The Balaban J connectivity index is 2.37. The summed E-state index contributed by atoms with van der Waals surface area (Å²) in [5.74, 6) is -0.110. The Kier molecular flexibility index (Phi) is 3.93.